The number of aromatic nitrogens is 1. The zero-order valence-corrected chi connectivity index (χ0v) is 22.4. The maximum atomic E-state index is 10.0. The van der Waals surface area contributed by atoms with Crippen molar-refractivity contribution in [2.75, 3.05) is 0 Å². The molecular formula is C32H49NO2. The number of carboxylic acid groups (broad SMARTS) is 1. The van der Waals surface area contributed by atoms with Gasteiger partial charge in [-0.25, -0.2) is 0 Å². The Morgan fingerprint density at radius 1 is 0.800 bits per heavy atom. The van der Waals surface area contributed by atoms with Crippen LogP contribution < -0.4 is 0 Å². The molecule has 1 N–H and O–H groups in total. The van der Waals surface area contributed by atoms with Crippen LogP contribution in [0.2, 0.25) is 0 Å². The van der Waals surface area contributed by atoms with Crippen LogP contribution in [0.3, 0.4) is 0 Å². The number of hydrogen-bond acceptors (Lipinski definition) is 2. The molecule has 3 heteroatoms. The molecule has 0 aliphatic heterocycles. The predicted molar refractivity (Wildman–Crippen MR) is 149 cm³/mol. The molecule has 1 aliphatic carbocycles. The van der Waals surface area contributed by atoms with Gasteiger partial charge in [0.25, 0.3) is 0 Å². The van der Waals surface area contributed by atoms with Gasteiger partial charge in [0.05, 0.1) is 5.69 Å². The monoisotopic (exact) mass is 479 g/mol. The van der Waals surface area contributed by atoms with Crippen molar-refractivity contribution in [2.24, 2.45) is 0 Å². The summed E-state index contributed by atoms with van der Waals surface area (Å²) in [6.07, 6.45) is 22.8. The van der Waals surface area contributed by atoms with E-state index in [2.05, 4.69) is 56.4 Å². The second kappa shape index (κ2) is 18.2. The summed E-state index contributed by atoms with van der Waals surface area (Å²) in [7, 11) is 0. The summed E-state index contributed by atoms with van der Waals surface area (Å²) in [5.41, 5.74) is 5.24. The van der Waals surface area contributed by atoms with Crippen LogP contribution >= 0.6 is 0 Å². The quantitative estimate of drug-likeness (QED) is 0.259. The SMILES string of the molecule is CCCCCCCC(=O)O.CCCCCCCCc1ccc(-c2ccc(C3CCCC3)cc2)nc1. The van der Waals surface area contributed by atoms with E-state index in [-0.39, 0.29) is 0 Å². The van der Waals surface area contributed by atoms with Gasteiger partial charge in [0.1, 0.15) is 0 Å². The zero-order chi connectivity index (χ0) is 25.1. The number of aryl methyl sites for hydroxylation is 1. The molecule has 1 aromatic carbocycles. The maximum absolute atomic E-state index is 10.0. The molecule has 0 saturated heterocycles. The van der Waals surface area contributed by atoms with Gasteiger partial charge in [0.2, 0.25) is 0 Å². The molecule has 0 amide bonds. The third-order valence-corrected chi connectivity index (χ3v) is 7.17. The van der Waals surface area contributed by atoms with E-state index in [1.807, 2.05) is 0 Å². The summed E-state index contributed by atoms with van der Waals surface area (Å²) in [6, 6.07) is 13.6. The first-order valence-corrected chi connectivity index (χ1v) is 14.4. The number of hydrogen-bond donors (Lipinski definition) is 1. The lowest BCUT2D eigenvalue weighted by Gasteiger charge is -2.10. The van der Waals surface area contributed by atoms with Gasteiger partial charge in [-0.3, -0.25) is 9.78 Å². The minimum absolute atomic E-state index is 0.337. The molecule has 1 aliphatic rings. The minimum atomic E-state index is -0.670. The van der Waals surface area contributed by atoms with Gasteiger partial charge in [0.15, 0.2) is 0 Å². The summed E-state index contributed by atoms with van der Waals surface area (Å²) in [5, 5.41) is 8.27. The third-order valence-electron chi connectivity index (χ3n) is 7.17. The van der Waals surface area contributed by atoms with Crippen LogP contribution in [0.4, 0.5) is 0 Å². The summed E-state index contributed by atoms with van der Waals surface area (Å²) < 4.78 is 0. The molecule has 35 heavy (non-hydrogen) atoms. The second-order valence-electron chi connectivity index (χ2n) is 10.2. The largest absolute Gasteiger partial charge is 0.481 e. The molecule has 3 nitrogen and oxygen atoms in total. The fraction of sp³-hybridized carbons (Fsp3) is 0.625. The average molecular weight is 480 g/mol. The van der Waals surface area contributed by atoms with Gasteiger partial charge in [-0.1, -0.05) is 115 Å². The van der Waals surface area contributed by atoms with Crippen molar-refractivity contribution in [1.29, 1.82) is 0 Å². The van der Waals surface area contributed by atoms with Crippen LogP contribution in [0, 0.1) is 0 Å². The first kappa shape index (κ1) is 29.1. The number of nitrogens with zero attached hydrogens (tertiary/aromatic N) is 1. The molecule has 1 aromatic heterocycles. The highest BCUT2D eigenvalue weighted by Crippen LogP contribution is 2.34. The van der Waals surface area contributed by atoms with E-state index in [4.69, 9.17) is 10.1 Å². The molecule has 0 unspecified atom stereocenters. The Hall–Kier alpha value is -2.16. The first-order chi connectivity index (χ1) is 17.1. The maximum Gasteiger partial charge on any atom is 0.303 e. The molecule has 194 valence electrons. The molecular weight excluding hydrogens is 430 g/mol. The van der Waals surface area contributed by atoms with E-state index in [0.29, 0.717) is 6.42 Å². The van der Waals surface area contributed by atoms with E-state index in [1.54, 1.807) is 0 Å². The zero-order valence-electron chi connectivity index (χ0n) is 22.4. The minimum Gasteiger partial charge on any atom is -0.481 e. The van der Waals surface area contributed by atoms with Gasteiger partial charge in [-0.15, -0.1) is 0 Å². The highest BCUT2D eigenvalue weighted by Gasteiger charge is 2.16. The number of rotatable bonds is 15. The van der Waals surface area contributed by atoms with Crippen LogP contribution in [-0.4, -0.2) is 16.1 Å². The average Bonchev–Trinajstić information content (AvgIpc) is 3.42. The summed E-state index contributed by atoms with van der Waals surface area (Å²) in [5.74, 6) is 0.123. The van der Waals surface area contributed by atoms with Crippen LogP contribution in [0.1, 0.15) is 134 Å². The Balaban J connectivity index is 0.000000367. The van der Waals surface area contributed by atoms with Crippen molar-refractivity contribution in [3.8, 4) is 11.3 Å². The molecule has 0 spiro atoms. The highest BCUT2D eigenvalue weighted by molar-refractivity contribution is 5.66. The normalized spacial score (nSPS) is 13.4. The number of benzene rings is 1. The van der Waals surface area contributed by atoms with E-state index < -0.39 is 5.97 Å². The first-order valence-electron chi connectivity index (χ1n) is 14.4. The summed E-state index contributed by atoms with van der Waals surface area (Å²) in [6.45, 7) is 4.42. The van der Waals surface area contributed by atoms with Crippen LogP contribution in [0.15, 0.2) is 42.6 Å². The Kier molecular flexibility index (Phi) is 15.1. The van der Waals surface area contributed by atoms with Gasteiger partial charge in [0, 0.05) is 18.2 Å². The number of carbonyl (C=O) groups is 1. The molecule has 0 bridgehead atoms. The number of pyridine rings is 1. The van der Waals surface area contributed by atoms with Crippen molar-refractivity contribution in [2.45, 2.75) is 129 Å². The van der Waals surface area contributed by atoms with E-state index in [9.17, 15) is 4.79 Å². The predicted octanol–water partition coefficient (Wildman–Crippen LogP) is 9.74. The fourth-order valence-corrected chi connectivity index (χ4v) is 4.92. The number of carboxylic acids is 1. The molecule has 1 saturated carbocycles. The summed E-state index contributed by atoms with van der Waals surface area (Å²) >= 11 is 0. The van der Waals surface area contributed by atoms with Gasteiger partial charge in [-0.05, 0) is 55.2 Å². The van der Waals surface area contributed by atoms with E-state index in [0.717, 1.165) is 24.5 Å². The molecule has 0 atom stereocenters. The molecule has 0 radical (unpaired) electrons. The van der Waals surface area contributed by atoms with Crippen molar-refractivity contribution >= 4 is 5.97 Å². The van der Waals surface area contributed by atoms with E-state index >= 15 is 0 Å². The Morgan fingerprint density at radius 3 is 1.97 bits per heavy atom. The van der Waals surface area contributed by atoms with Gasteiger partial charge >= 0.3 is 5.97 Å². The topological polar surface area (TPSA) is 50.2 Å². The Labute approximate surface area is 214 Å². The molecule has 1 fully saturated rings. The van der Waals surface area contributed by atoms with Crippen molar-refractivity contribution in [3.05, 3.63) is 53.7 Å². The van der Waals surface area contributed by atoms with E-state index in [1.165, 1.54) is 107 Å². The van der Waals surface area contributed by atoms with Crippen molar-refractivity contribution in [1.82, 2.24) is 4.98 Å². The smallest absolute Gasteiger partial charge is 0.303 e. The lowest BCUT2D eigenvalue weighted by molar-refractivity contribution is -0.137. The van der Waals surface area contributed by atoms with Gasteiger partial charge < -0.3 is 5.11 Å². The second-order valence-corrected chi connectivity index (χ2v) is 10.2. The number of aliphatic carboxylic acids is 1. The Morgan fingerprint density at radius 2 is 1.40 bits per heavy atom. The Bertz CT molecular complexity index is 791. The number of unbranched alkanes of at least 4 members (excludes halogenated alkanes) is 9. The highest BCUT2D eigenvalue weighted by atomic mass is 16.4. The molecule has 2 aromatic rings. The van der Waals surface area contributed by atoms with Crippen molar-refractivity contribution < 1.29 is 9.90 Å². The molecule has 1 heterocycles. The lowest BCUT2D eigenvalue weighted by Crippen LogP contribution is -1.93. The van der Waals surface area contributed by atoms with Crippen LogP contribution in [-0.2, 0) is 11.2 Å². The van der Waals surface area contributed by atoms with Gasteiger partial charge in [-0.2, -0.15) is 0 Å². The lowest BCUT2D eigenvalue weighted by atomic mass is 9.96. The van der Waals surface area contributed by atoms with Crippen molar-refractivity contribution in [3.63, 3.8) is 0 Å². The van der Waals surface area contributed by atoms with Crippen LogP contribution in [0.25, 0.3) is 11.3 Å². The van der Waals surface area contributed by atoms with Crippen LogP contribution in [0.5, 0.6) is 0 Å². The fourth-order valence-electron chi connectivity index (χ4n) is 4.92. The third kappa shape index (κ3) is 12.4. The standard InChI is InChI=1S/C24H33N.C8H16O2/c1-2-3-4-5-6-7-10-20-13-18-24(25-19-20)23-16-14-22(15-17-23)21-11-8-9-12-21;1-2-3-4-5-6-7-8(9)10/h13-19,21H,2-12H2,1H3;2-7H2,1H3,(H,9,10). The summed E-state index contributed by atoms with van der Waals surface area (Å²) in [4.78, 5) is 14.7. The molecule has 3 rings (SSSR count).